The highest BCUT2D eigenvalue weighted by Gasteiger charge is 2.19. The SMILES string of the molecule is COCCN(C(=S)Nc1ccc(OC)cc1)C(C)c1cccnc1. The number of benzene rings is 1. The van der Waals surface area contributed by atoms with E-state index in [1.807, 2.05) is 42.6 Å². The summed E-state index contributed by atoms with van der Waals surface area (Å²) in [6.07, 6.45) is 3.63. The Morgan fingerprint density at radius 3 is 2.58 bits per heavy atom. The minimum atomic E-state index is 0.0899. The third kappa shape index (κ3) is 4.91. The number of ether oxygens (including phenoxy) is 2. The number of aromatic nitrogens is 1. The smallest absolute Gasteiger partial charge is 0.174 e. The van der Waals surface area contributed by atoms with Gasteiger partial charge >= 0.3 is 0 Å². The third-order valence-electron chi connectivity index (χ3n) is 3.77. The van der Waals surface area contributed by atoms with E-state index in [0.29, 0.717) is 18.3 Å². The van der Waals surface area contributed by atoms with Crippen molar-refractivity contribution in [2.24, 2.45) is 0 Å². The normalized spacial score (nSPS) is 11.6. The highest BCUT2D eigenvalue weighted by atomic mass is 32.1. The molecule has 1 aromatic heterocycles. The van der Waals surface area contributed by atoms with E-state index in [1.165, 1.54) is 0 Å². The van der Waals surface area contributed by atoms with Crippen LogP contribution in [0.2, 0.25) is 0 Å². The molecule has 0 aliphatic carbocycles. The van der Waals surface area contributed by atoms with Crippen LogP contribution >= 0.6 is 12.2 Å². The van der Waals surface area contributed by atoms with Crippen LogP contribution in [0.1, 0.15) is 18.5 Å². The van der Waals surface area contributed by atoms with E-state index in [0.717, 1.165) is 17.0 Å². The number of nitrogens with zero attached hydrogens (tertiary/aromatic N) is 2. The average Bonchev–Trinajstić information content (AvgIpc) is 2.63. The van der Waals surface area contributed by atoms with Crippen LogP contribution in [0.4, 0.5) is 5.69 Å². The molecule has 1 unspecified atom stereocenters. The molecular formula is C18H23N3O2S. The van der Waals surface area contributed by atoms with Crippen LogP contribution in [0.5, 0.6) is 5.75 Å². The summed E-state index contributed by atoms with van der Waals surface area (Å²) in [6, 6.07) is 11.7. The van der Waals surface area contributed by atoms with Gasteiger partial charge in [-0.2, -0.15) is 0 Å². The summed E-state index contributed by atoms with van der Waals surface area (Å²) in [6.45, 7) is 3.39. The van der Waals surface area contributed by atoms with Crippen molar-refractivity contribution in [3.05, 3.63) is 54.4 Å². The van der Waals surface area contributed by atoms with Gasteiger partial charge in [-0.05, 0) is 55.0 Å². The van der Waals surface area contributed by atoms with Gasteiger partial charge in [0, 0.05) is 31.7 Å². The van der Waals surface area contributed by atoms with E-state index in [1.54, 1.807) is 20.4 Å². The Bertz CT molecular complexity index is 634. The van der Waals surface area contributed by atoms with Gasteiger partial charge in [-0.15, -0.1) is 0 Å². The molecule has 1 heterocycles. The highest BCUT2D eigenvalue weighted by molar-refractivity contribution is 7.80. The van der Waals surface area contributed by atoms with Crippen molar-refractivity contribution in [2.45, 2.75) is 13.0 Å². The predicted octanol–water partition coefficient (Wildman–Crippen LogP) is 3.50. The molecule has 0 fully saturated rings. The quantitative estimate of drug-likeness (QED) is 0.775. The van der Waals surface area contributed by atoms with Crippen LogP contribution in [0.15, 0.2) is 48.8 Å². The molecule has 0 bridgehead atoms. The molecule has 0 saturated heterocycles. The topological polar surface area (TPSA) is 46.6 Å². The predicted molar refractivity (Wildman–Crippen MR) is 100 cm³/mol. The van der Waals surface area contributed by atoms with Gasteiger partial charge in [-0.25, -0.2) is 0 Å². The number of thiocarbonyl (C=S) groups is 1. The molecule has 0 saturated carbocycles. The number of methoxy groups -OCH3 is 2. The Morgan fingerprint density at radius 2 is 2.00 bits per heavy atom. The van der Waals surface area contributed by atoms with Crippen LogP contribution in [0, 0.1) is 0 Å². The Kier molecular flexibility index (Phi) is 6.96. The highest BCUT2D eigenvalue weighted by Crippen LogP contribution is 2.21. The van der Waals surface area contributed by atoms with E-state index < -0.39 is 0 Å². The van der Waals surface area contributed by atoms with Crippen molar-refractivity contribution < 1.29 is 9.47 Å². The lowest BCUT2D eigenvalue weighted by atomic mass is 10.1. The fraction of sp³-hybridized carbons (Fsp3) is 0.333. The molecule has 0 radical (unpaired) electrons. The standard InChI is InChI=1S/C18H23N3O2S/c1-14(15-5-4-10-19-13-15)21(11-12-22-2)18(24)20-16-6-8-17(23-3)9-7-16/h4-10,13-14H,11-12H2,1-3H3,(H,20,24). The second-order valence-corrected chi connectivity index (χ2v) is 5.69. The van der Waals surface area contributed by atoms with Crippen LogP contribution in [0.3, 0.4) is 0 Å². The van der Waals surface area contributed by atoms with E-state index >= 15 is 0 Å². The molecule has 2 rings (SSSR count). The fourth-order valence-corrected chi connectivity index (χ4v) is 2.70. The summed E-state index contributed by atoms with van der Waals surface area (Å²) < 4.78 is 10.4. The maximum absolute atomic E-state index is 5.62. The van der Waals surface area contributed by atoms with Crippen molar-refractivity contribution in [1.82, 2.24) is 9.88 Å². The van der Waals surface area contributed by atoms with E-state index in [2.05, 4.69) is 22.1 Å². The lowest BCUT2D eigenvalue weighted by Crippen LogP contribution is -2.39. The second-order valence-electron chi connectivity index (χ2n) is 5.31. The molecule has 0 amide bonds. The van der Waals surface area contributed by atoms with Gasteiger partial charge in [0.15, 0.2) is 5.11 Å². The molecule has 0 spiro atoms. The number of hydrogen-bond acceptors (Lipinski definition) is 4. The molecule has 128 valence electrons. The molecule has 6 heteroatoms. The van der Waals surface area contributed by atoms with E-state index in [-0.39, 0.29) is 6.04 Å². The lowest BCUT2D eigenvalue weighted by Gasteiger charge is -2.31. The molecule has 0 aliphatic rings. The van der Waals surface area contributed by atoms with Crippen LogP contribution < -0.4 is 10.1 Å². The zero-order valence-corrected chi connectivity index (χ0v) is 15.0. The molecule has 1 N–H and O–H groups in total. The molecule has 0 aliphatic heterocycles. The number of nitrogens with one attached hydrogen (secondary N) is 1. The summed E-state index contributed by atoms with van der Waals surface area (Å²) >= 11 is 5.62. The van der Waals surface area contributed by atoms with Gasteiger partial charge in [0.2, 0.25) is 0 Å². The van der Waals surface area contributed by atoms with E-state index in [9.17, 15) is 0 Å². The molecule has 5 nitrogen and oxygen atoms in total. The zero-order chi connectivity index (χ0) is 17.4. The Labute approximate surface area is 148 Å². The van der Waals surface area contributed by atoms with Crippen molar-refractivity contribution in [3.8, 4) is 5.75 Å². The maximum Gasteiger partial charge on any atom is 0.174 e. The summed E-state index contributed by atoms with van der Waals surface area (Å²) in [5.74, 6) is 0.812. The maximum atomic E-state index is 5.62. The van der Waals surface area contributed by atoms with Crippen LogP contribution in [0.25, 0.3) is 0 Å². The van der Waals surface area contributed by atoms with Crippen LogP contribution in [-0.2, 0) is 4.74 Å². The van der Waals surface area contributed by atoms with Gasteiger partial charge in [0.25, 0.3) is 0 Å². The van der Waals surface area contributed by atoms with Gasteiger partial charge in [-0.1, -0.05) is 6.07 Å². The van der Waals surface area contributed by atoms with Crippen molar-refractivity contribution in [3.63, 3.8) is 0 Å². The van der Waals surface area contributed by atoms with Gasteiger partial charge in [-0.3, -0.25) is 4.98 Å². The summed E-state index contributed by atoms with van der Waals surface area (Å²) in [5.41, 5.74) is 2.02. The third-order valence-corrected chi connectivity index (χ3v) is 4.11. The van der Waals surface area contributed by atoms with E-state index in [4.69, 9.17) is 21.7 Å². The van der Waals surface area contributed by atoms with Crippen molar-refractivity contribution in [1.29, 1.82) is 0 Å². The Balaban J connectivity index is 2.11. The molecule has 1 aromatic carbocycles. The molecule has 2 aromatic rings. The fourth-order valence-electron chi connectivity index (χ4n) is 2.33. The summed E-state index contributed by atoms with van der Waals surface area (Å²) in [7, 11) is 3.34. The van der Waals surface area contributed by atoms with Gasteiger partial charge in [0.1, 0.15) is 5.75 Å². The number of pyridine rings is 1. The zero-order valence-electron chi connectivity index (χ0n) is 14.2. The molecule has 24 heavy (non-hydrogen) atoms. The molecule has 1 atom stereocenters. The first-order valence-electron chi connectivity index (χ1n) is 7.76. The van der Waals surface area contributed by atoms with Crippen molar-refractivity contribution in [2.75, 3.05) is 32.7 Å². The van der Waals surface area contributed by atoms with Gasteiger partial charge < -0.3 is 19.7 Å². The lowest BCUT2D eigenvalue weighted by molar-refractivity contribution is 0.165. The number of rotatable bonds is 7. The number of hydrogen-bond donors (Lipinski definition) is 1. The Morgan fingerprint density at radius 1 is 1.25 bits per heavy atom. The van der Waals surface area contributed by atoms with Gasteiger partial charge in [0.05, 0.1) is 19.8 Å². The monoisotopic (exact) mass is 345 g/mol. The Hall–Kier alpha value is -2.18. The first kappa shape index (κ1) is 18.2. The molecular weight excluding hydrogens is 322 g/mol. The minimum absolute atomic E-state index is 0.0899. The minimum Gasteiger partial charge on any atom is -0.497 e. The number of anilines is 1. The van der Waals surface area contributed by atoms with Crippen LogP contribution in [-0.4, -0.2) is 42.4 Å². The first-order chi connectivity index (χ1) is 11.7. The summed E-state index contributed by atoms with van der Waals surface area (Å²) in [4.78, 5) is 6.29. The first-order valence-corrected chi connectivity index (χ1v) is 8.17. The van der Waals surface area contributed by atoms with Crippen molar-refractivity contribution >= 4 is 23.0 Å². The largest absolute Gasteiger partial charge is 0.497 e. The summed E-state index contributed by atoms with van der Waals surface area (Å²) in [5, 5.41) is 3.93. The average molecular weight is 345 g/mol. The second kappa shape index (κ2) is 9.20.